The first-order chi connectivity index (χ1) is 32.2. The van der Waals surface area contributed by atoms with Crippen LogP contribution in [0.2, 0.25) is 0 Å². The number of methoxy groups -OCH3 is 6. The van der Waals surface area contributed by atoms with Crippen LogP contribution in [-0.4, -0.2) is 66.5 Å². The molecule has 10 heteroatoms. The monoisotopic (exact) mass is 878 g/mol. The second-order valence-electron chi connectivity index (χ2n) is 16.0. The van der Waals surface area contributed by atoms with E-state index in [4.69, 9.17) is 28.4 Å². The number of fused-ring (bicyclic) bond motifs is 4. The lowest BCUT2D eigenvalue weighted by Gasteiger charge is -2.35. The zero-order valence-electron chi connectivity index (χ0n) is 37.5. The van der Waals surface area contributed by atoms with Gasteiger partial charge in [0.2, 0.25) is 0 Å². The molecule has 0 unspecified atom stereocenters. The van der Waals surface area contributed by atoms with E-state index in [1.807, 2.05) is 121 Å². The lowest BCUT2D eigenvalue weighted by atomic mass is 9.70. The van der Waals surface area contributed by atoms with Crippen LogP contribution in [0.5, 0.6) is 11.5 Å². The summed E-state index contributed by atoms with van der Waals surface area (Å²) in [6.07, 6.45) is 1.15. The minimum Gasteiger partial charge on any atom is -0.496 e. The van der Waals surface area contributed by atoms with E-state index >= 15 is 0 Å². The van der Waals surface area contributed by atoms with E-state index in [9.17, 15) is 19.2 Å². The summed E-state index contributed by atoms with van der Waals surface area (Å²) in [5.74, 6) is -1.45. The van der Waals surface area contributed by atoms with Gasteiger partial charge in [-0.15, -0.1) is 0 Å². The van der Waals surface area contributed by atoms with Crippen LogP contribution in [0.15, 0.2) is 121 Å². The number of hydrogen-bond donors (Lipinski definition) is 0. The van der Waals surface area contributed by atoms with Crippen molar-refractivity contribution in [2.75, 3.05) is 42.7 Å². The summed E-state index contributed by atoms with van der Waals surface area (Å²) in [6.45, 7) is 0. The lowest BCUT2D eigenvalue weighted by Crippen LogP contribution is -2.24. The van der Waals surface area contributed by atoms with Gasteiger partial charge in [-0.2, -0.15) is 0 Å². The van der Waals surface area contributed by atoms with Crippen LogP contribution in [-0.2, 0) is 44.6 Å². The zero-order valence-corrected chi connectivity index (χ0v) is 37.5. The van der Waals surface area contributed by atoms with Gasteiger partial charge < -0.3 is 28.4 Å². The summed E-state index contributed by atoms with van der Waals surface area (Å²) in [7, 11) is 8.52. The van der Waals surface area contributed by atoms with Crippen molar-refractivity contribution in [1.29, 1.82) is 0 Å². The fourth-order valence-electron chi connectivity index (χ4n) is 10.3. The standard InChI is InChI=1S/C56H46O10/c1-61-51-39-27-35-37(45(33-23-15-9-16-24-33)49(55(59)65-5)47(53(57)63-3)43(35)31-19-11-7-12-20-31)29-41(39)52(62-2)42-30-38-36(28-40(42)51)44(32-21-13-8-14-22-32)48(54(58)64-4)50(56(60)66-6)46(38)34-25-17-10-18-26-34/h7-26H,27-30H2,1-6H3. The first-order valence-electron chi connectivity index (χ1n) is 21.5. The average Bonchev–Trinajstić information content (AvgIpc) is 3.37. The second kappa shape index (κ2) is 17.9. The average molecular weight is 879 g/mol. The van der Waals surface area contributed by atoms with E-state index in [0.717, 1.165) is 66.8 Å². The molecule has 7 aromatic rings. The number of carbonyl (C=O) groups is 4. The normalized spacial score (nSPS) is 12.1. The summed E-state index contributed by atoms with van der Waals surface area (Å²) >= 11 is 0. The third-order valence-corrected chi connectivity index (χ3v) is 12.9. The predicted octanol–water partition coefficient (Wildman–Crippen LogP) is 10.5. The van der Waals surface area contributed by atoms with Gasteiger partial charge in [-0.05, 0) is 44.5 Å². The number of benzene rings is 7. The summed E-state index contributed by atoms with van der Waals surface area (Å²) in [5.41, 5.74) is 12.2. The Kier molecular flexibility index (Phi) is 11.7. The van der Waals surface area contributed by atoms with Gasteiger partial charge in [0, 0.05) is 70.2 Å². The van der Waals surface area contributed by atoms with Crippen molar-refractivity contribution in [3.8, 4) is 56.0 Å². The Morgan fingerprint density at radius 2 is 0.500 bits per heavy atom. The molecule has 9 rings (SSSR count). The zero-order chi connectivity index (χ0) is 46.2. The second-order valence-corrected chi connectivity index (χ2v) is 16.0. The Bertz CT molecular complexity index is 2670. The molecule has 66 heavy (non-hydrogen) atoms. The third-order valence-electron chi connectivity index (χ3n) is 12.9. The fourth-order valence-corrected chi connectivity index (χ4v) is 10.3. The van der Waals surface area contributed by atoms with Crippen molar-refractivity contribution in [2.45, 2.75) is 25.7 Å². The highest BCUT2D eigenvalue weighted by Gasteiger charge is 2.41. The van der Waals surface area contributed by atoms with Crippen LogP contribution in [0.1, 0.15) is 85.9 Å². The third kappa shape index (κ3) is 6.97. The van der Waals surface area contributed by atoms with E-state index in [1.54, 1.807) is 14.2 Å². The van der Waals surface area contributed by atoms with E-state index in [0.29, 0.717) is 33.8 Å². The molecule has 330 valence electrons. The van der Waals surface area contributed by atoms with Gasteiger partial charge >= 0.3 is 23.9 Å². The number of esters is 4. The Morgan fingerprint density at radius 3 is 0.667 bits per heavy atom. The molecule has 0 spiro atoms. The van der Waals surface area contributed by atoms with Crippen molar-refractivity contribution in [3.05, 3.63) is 188 Å². The van der Waals surface area contributed by atoms with Gasteiger partial charge in [0.15, 0.2) is 0 Å². The number of ether oxygens (including phenoxy) is 6. The fraction of sp³-hybridized carbons (Fsp3) is 0.179. The highest BCUT2D eigenvalue weighted by Crippen LogP contribution is 2.54. The highest BCUT2D eigenvalue weighted by molar-refractivity contribution is 6.15. The highest BCUT2D eigenvalue weighted by atomic mass is 16.5. The number of rotatable bonds is 10. The van der Waals surface area contributed by atoms with Crippen LogP contribution in [0.25, 0.3) is 44.5 Å². The Morgan fingerprint density at radius 1 is 0.303 bits per heavy atom. The van der Waals surface area contributed by atoms with Crippen molar-refractivity contribution in [1.82, 2.24) is 0 Å². The van der Waals surface area contributed by atoms with Crippen LogP contribution >= 0.6 is 0 Å². The van der Waals surface area contributed by atoms with Crippen LogP contribution in [0.3, 0.4) is 0 Å². The molecule has 0 fully saturated rings. The molecule has 10 nitrogen and oxygen atoms in total. The largest absolute Gasteiger partial charge is 0.496 e. The van der Waals surface area contributed by atoms with Crippen molar-refractivity contribution >= 4 is 23.9 Å². The smallest absolute Gasteiger partial charge is 0.339 e. The van der Waals surface area contributed by atoms with E-state index in [-0.39, 0.29) is 47.9 Å². The first-order valence-corrected chi connectivity index (χ1v) is 21.5. The van der Waals surface area contributed by atoms with E-state index < -0.39 is 23.9 Å². The van der Waals surface area contributed by atoms with Gasteiger partial charge in [-0.25, -0.2) is 19.2 Å². The van der Waals surface area contributed by atoms with E-state index in [2.05, 4.69) is 0 Å². The van der Waals surface area contributed by atoms with Crippen molar-refractivity contribution < 1.29 is 47.6 Å². The summed E-state index contributed by atoms with van der Waals surface area (Å²) < 4.78 is 35.0. The minimum absolute atomic E-state index is 0.104. The van der Waals surface area contributed by atoms with Crippen LogP contribution in [0, 0.1) is 0 Å². The van der Waals surface area contributed by atoms with Crippen molar-refractivity contribution in [3.63, 3.8) is 0 Å². The molecular weight excluding hydrogens is 833 g/mol. The molecule has 0 atom stereocenters. The van der Waals surface area contributed by atoms with Crippen molar-refractivity contribution in [2.24, 2.45) is 0 Å². The Hall–Kier alpha value is -7.98. The molecule has 7 aromatic carbocycles. The van der Waals surface area contributed by atoms with Gasteiger partial charge in [0.1, 0.15) is 11.5 Å². The summed E-state index contributed by atoms with van der Waals surface area (Å²) in [5, 5.41) is 0. The van der Waals surface area contributed by atoms with Gasteiger partial charge in [0.25, 0.3) is 0 Å². The molecular formula is C56H46O10. The van der Waals surface area contributed by atoms with Crippen LogP contribution < -0.4 is 9.47 Å². The molecule has 0 saturated carbocycles. The summed E-state index contributed by atoms with van der Waals surface area (Å²) in [6, 6.07) is 38.0. The maximum atomic E-state index is 14.2. The van der Waals surface area contributed by atoms with Gasteiger partial charge in [0.05, 0.1) is 64.9 Å². The quantitative estimate of drug-likeness (QED) is 0.0969. The molecule has 0 bridgehead atoms. The van der Waals surface area contributed by atoms with E-state index in [1.165, 1.54) is 28.4 Å². The molecule has 0 radical (unpaired) electrons. The Balaban J connectivity index is 1.40. The predicted molar refractivity (Wildman–Crippen MR) is 251 cm³/mol. The SMILES string of the molecule is COC(=O)c1c(C(=O)OC)c(-c2ccccc2)c2c(c1-c1ccccc1)Cc1c(c(OC)c3c(c1OC)Cc1c(c(-c4ccccc4)c(C(=O)OC)c(C(=O)OC)c1-c1ccccc1)C3)C2. The maximum Gasteiger partial charge on any atom is 0.339 e. The molecule has 0 aliphatic heterocycles. The molecule has 0 aromatic heterocycles. The van der Waals surface area contributed by atoms with Crippen LogP contribution in [0.4, 0.5) is 0 Å². The number of carbonyl (C=O) groups excluding carboxylic acids is 4. The van der Waals surface area contributed by atoms with Gasteiger partial charge in [-0.3, -0.25) is 0 Å². The number of hydrogen-bond acceptors (Lipinski definition) is 10. The first kappa shape index (κ1) is 43.3. The summed E-state index contributed by atoms with van der Waals surface area (Å²) in [4.78, 5) is 56.9. The molecule has 0 saturated heterocycles. The molecule has 0 heterocycles. The minimum atomic E-state index is -0.679. The topological polar surface area (TPSA) is 124 Å². The maximum absolute atomic E-state index is 14.2. The Labute approximate surface area is 382 Å². The molecule has 0 amide bonds. The van der Waals surface area contributed by atoms with Gasteiger partial charge in [-0.1, -0.05) is 121 Å². The molecule has 0 N–H and O–H groups in total. The molecule has 2 aliphatic rings. The lowest BCUT2D eigenvalue weighted by molar-refractivity contribution is 0.0556. The molecule has 2 aliphatic carbocycles.